The molecule has 1 aliphatic carbocycles. The zero-order valence-corrected chi connectivity index (χ0v) is 21.6. The summed E-state index contributed by atoms with van der Waals surface area (Å²) in [5.41, 5.74) is 0. The summed E-state index contributed by atoms with van der Waals surface area (Å²) in [6.45, 7) is 8.23. The second-order valence-corrected chi connectivity index (χ2v) is 8.87. The summed E-state index contributed by atoms with van der Waals surface area (Å²) >= 11 is 1.83. The maximum Gasteiger partial charge on any atom is 0.191 e. The zero-order valence-electron chi connectivity index (χ0n) is 18.5. The average molecular weight is 551 g/mol. The number of rotatable bonds is 10. The van der Waals surface area contributed by atoms with E-state index in [1.54, 1.807) is 0 Å². The summed E-state index contributed by atoms with van der Waals surface area (Å²) in [7, 11) is 1.85. The van der Waals surface area contributed by atoms with Crippen LogP contribution in [-0.4, -0.2) is 70.0 Å². The monoisotopic (exact) mass is 550 g/mol. The van der Waals surface area contributed by atoms with E-state index < -0.39 is 0 Å². The first-order valence-corrected chi connectivity index (χ1v) is 12.1. The Kier molecular flexibility index (Phi) is 12.6. The molecule has 2 aliphatic rings. The highest BCUT2D eigenvalue weighted by Gasteiger charge is 2.26. The number of nitrogens with one attached hydrogen (secondary N) is 2. The molecule has 0 spiro atoms. The van der Waals surface area contributed by atoms with Crippen LogP contribution in [0.5, 0.6) is 0 Å². The van der Waals surface area contributed by atoms with Gasteiger partial charge in [0.15, 0.2) is 5.96 Å². The van der Waals surface area contributed by atoms with Crippen LogP contribution in [0, 0.1) is 5.92 Å². The molecule has 30 heavy (non-hydrogen) atoms. The number of nitrogens with zero attached hydrogens (tertiary/aromatic N) is 2. The van der Waals surface area contributed by atoms with Crippen LogP contribution in [0.2, 0.25) is 0 Å². The lowest BCUT2D eigenvalue weighted by atomic mass is 9.98. The van der Waals surface area contributed by atoms with E-state index in [2.05, 4.69) is 45.0 Å². The van der Waals surface area contributed by atoms with Gasteiger partial charge in [-0.15, -0.1) is 35.3 Å². The van der Waals surface area contributed by atoms with Gasteiger partial charge in [0.05, 0.1) is 25.4 Å². The number of hydrogen-bond donors (Lipinski definition) is 2. The van der Waals surface area contributed by atoms with Crippen molar-refractivity contribution in [3.63, 3.8) is 0 Å². The molecule has 2 heterocycles. The molecule has 0 radical (unpaired) electrons. The Labute approximate surface area is 203 Å². The molecule has 6 nitrogen and oxygen atoms in total. The number of hydrogen-bond acceptors (Lipinski definition) is 5. The van der Waals surface area contributed by atoms with Crippen molar-refractivity contribution < 1.29 is 9.47 Å². The number of halogens is 1. The molecule has 2 atom stereocenters. The van der Waals surface area contributed by atoms with Crippen LogP contribution in [0.25, 0.3) is 0 Å². The summed E-state index contributed by atoms with van der Waals surface area (Å²) in [6.07, 6.45) is 6.77. The number of aliphatic imine (C=N–C) groups is 1. The highest BCUT2D eigenvalue weighted by Crippen LogP contribution is 2.30. The number of morpholine rings is 1. The molecule has 1 saturated carbocycles. The van der Waals surface area contributed by atoms with Gasteiger partial charge in [0.25, 0.3) is 0 Å². The molecule has 1 aromatic heterocycles. The maximum absolute atomic E-state index is 6.05. The molecule has 1 aliphatic heterocycles. The number of thiophene rings is 1. The molecule has 172 valence electrons. The molecule has 2 N–H and O–H groups in total. The fourth-order valence-electron chi connectivity index (χ4n) is 4.52. The van der Waals surface area contributed by atoms with Crippen molar-refractivity contribution in [2.24, 2.45) is 10.9 Å². The summed E-state index contributed by atoms with van der Waals surface area (Å²) < 4.78 is 11.6. The minimum absolute atomic E-state index is 0. The van der Waals surface area contributed by atoms with Crippen LogP contribution in [0.1, 0.15) is 49.9 Å². The zero-order chi connectivity index (χ0) is 20.3. The molecule has 2 fully saturated rings. The van der Waals surface area contributed by atoms with Crippen LogP contribution < -0.4 is 10.6 Å². The van der Waals surface area contributed by atoms with Crippen molar-refractivity contribution in [1.82, 2.24) is 15.5 Å². The van der Waals surface area contributed by atoms with Crippen LogP contribution in [0.3, 0.4) is 0 Å². The molecule has 0 bridgehead atoms. The third-order valence-corrected chi connectivity index (χ3v) is 7.05. The van der Waals surface area contributed by atoms with Gasteiger partial charge >= 0.3 is 0 Å². The smallest absolute Gasteiger partial charge is 0.191 e. The predicted octanol–water partition coefficient (Wildman–Crippen LogP) is 3.89. The Morgan fingerprint density at radius 1 is 1.30 bits per heavy atom. The Bertz CT molecular complexity index is 590. The number of ether oxygens (including phenoxy) is 2. The van der Waals surface area contributed by atoms with Gasteiger partial charge in [-0.1, -0.05) is 18.9 Å². The van der Waals surface area contributed by atoms with Crippen molar-refractivity contribution in [3.05, 3.63) is 22.4 Å². The lowest BCUT2D eigenvalue weighted by Crippen LogP contribution is -2.46. The van der Waals surface area contributed by atoms with Gasteiger partial charge < -0.3 is 20.1 Å². The minimum atomic E-state index is 0. The largest absolute Gasteiger partial charge is 0.379 e. The van der Waals surface area contributed by atoms with E-state index in [-0.39, 0.29) is 24.0 Å². The van der Waals surface area contributed by atoms with Crippen molar-refractivity contribution in [2.75, 3.05) is 53.0 Å². The van der Waals surface area contributed by atoms with Crippen LogP contribution in [0.15, 0.2) is 22.5 Å². The molecular formula is C22H39IN4O2S. The normalized spacial score (nSPS) is 20.5. The first kappa shape index (κ1) is 25.8. The van der Waals surface area contributed by atoms with Gasteiger partial charge in [0.2, 0.25) is 0 Å². The molecule has 1 saturated heterocycles. The number of guanidine groups is 1. The Balaban J connectivity index is 0.00000320. The maximum atomic E-state index is 6.05. The SMILES string of the molecule is CCOC(CCNC(=NC)NCC(c1cccs1)N1CCOCC1)C1CCCC1.I. The first-order chi connectivity index (χ1) is 14.3. The van der Waals surface area contributed by atoms with E-state index in [0.717, 1.165) is 64.3 Å². The minimum Gasteiger partial charge on any atom is -0.379 e. The van der Waals surface area contributed by atoms with Gasteiger partial charge in [-0.2, -0.15) is 0 Å². The standard InChI is InChI=1S/C22H38N4O2S.HI/c1-3-28-20(18-7-4-5-8-18)10-11-24-22(23-2)25-17-19(21-9-6-16-29-21)26-12-14-27-15-13-26;/h6,9,16,18-20H,3-5,7-8,10-15,17H2,1-2H3,(H2,23,24,25);1H. The summed E-state index contributed by atoms with van der Waals surface area (Å²) in [5, 5.41) is 9.22. The topological polar surface area (TPSA) is 58.1 Å². The lowest BCUT2D eigenvalue weighted by Gasteiger charge is -2.34. The van der Waals surface area contributed by atoms with E-state index >= 15 is 0 Å². The van der Waals surface area contributed by atoms with Gasteiger partial charge in [-0.3, -0.25) is 9.89 Å². The second kappa shape index (κ2) is 14.6. The lowest BCUT2D eigenvalue weighted by molar-refractivity contribution is 0.0166. The van der Waals surface area contributed by atoms with Crippen LogP contribution in [0.4, 0.5) is 0 Å². The van der Waals surface area contributed by atoms with E-state index in [9.17, 15) is 0 Å². The highest BCUT2D eigenvalue weighted by atomic mass is 127. The van der Waals surface area contributed by atoms with E-state index in [1.165, 1.54) is 30.6 Å². The molecule has 2 unspecified atom stereocenters. The molecule has 1 aromatic rings. The van der Waals surface area contributed by atoms with Crippen molar-refractivity contribution in [1.29, 1.82) is 0 Å². The summed E-state index contributed by atoms with van der Waals surface area (Å²) in [5.74, 6) is 1.61. The van der Waals surface area contributed by atoms with E-state index in [0.29, 0.717) is 12.1 Å². The van der Waals surface area contributed by atoms with E-state index in [4.69, 9.17) is 9.47 Å². The third-order valence-electron chi connectivity index (χ3n) is 6.07. The highest BCUT2D eigenvalue weighted by molar-refractivity contribution is 14.0. The van der Waals surface area contributed by atoms with Gasteiger partial charge in [-0.25, -0.2) is 0 Å². The van der Waals surface area contributed by atoms with Crippen molar-refractivity contribution in [2.45, 2.75) is 51.2 Å². The Morgan fingerprint density at radius 2 is 2.07 bits per heavy atom. The van der Waals surface area contributed by atoms with Gasteiger partial charge in [-0.05, 0) is 43.6 Å². The molecular weight excluding hydrogens is 511 g/mol. The fourth-order valence-corrected chi connectivity index (χ4v) is 5.39. The third kappa shape index (κ3) is 7.93. The molecule has 0 aromatic carbocycles. The first-order valence-electron chi connectivity index (χ1n) is 11.2. The Hall–Kier alpha value is -0.420. The fraction of sp³-hybridized carbons (Fsp3) is 0.773. The van der Waals surface area contributed by atoms with Gasteiger partial charge in [0.1, 0.15) is 0 Å². The molecule has 3 rings (SSSR count). The molecule has 0 amide bonds. The molecule has 8 heteroatoms. The van der Waals surface area contributed by atoms with Crippen molar-refractivity contribution in [3.8, 4) is 0 Å². The Morgan fingerprint density at radius 3 is 2.70 bits per heavy atom. The van der Waals surface area contributed by atoms with Crippen LogP contribution >= 0.6 is 35.3 Å². The average Bonchev–Trinajstić information content (AvgIpc) is 3.47. The quantitative estimate of drug-likeness (QED) is 0.263. The van der Waals surface area contributed by atoms with Crippen LogP contribution in [-0.2, 0) is 9.47 Å². The summed E-state index contributed by atoms with van der Waals surface area (Å²) in [6, 6.07) is 4.72. The van der Waals surface area contributed by atoms with Gasteiger partial charge in [0, 0.05) is 44.7 Å². The predicted molar refractivity (Wildman–Crippen MR) is 136 cm³/mol. The van der Waals surface area contributed by atoms with E-state index in [1.807, 2.05) is 18.4 Å². The van der Waals surface area contributed by atoms with Crippen molar-refractivity contribution >= 4 is 41.3 Å². The second-order valence-electron chi connectivity index (χ2n) is 7.89. The summed E-state index contributed by atoms with van der Waals surface area (Å²) in [4.78, 5) is 8.35.